The van der Waals surface area contributed by atoms with Crippen LogP contribution in [0.3, 0.4) is 0 Å². The molecule has 2 unspecified atom stereocenters. The lowest BCUT2D eigenvalue weighted by Crippen LogP contribution is -2.49. The van der Waals surface area contributed by atoms with Gasteiger partial charge in [-0.1, -0.05) is 0 Å². The molecule has 2 rings (SSSR count). The molecule has 2 amide bonds. The molecule has 1 fully saturated rings. The van der Waals surface area contributed by atoms with Crippen LogP contribution in [0.25, 0.3) is 0 Å². The highest BCUT2D eigenvalue weighted by Gasteiger charge is 2.29. The number of carboxylic acids is 1. The number of piperidine rings is 1. The molecule has 0 radical (unpaired) electrons. The summed E-state index contributed by atoms with van der Waals surface area (Å²) in [7, 11) is 0. The molecule has 0 saturated carbocycles. The summed E-state index contributed by atoms with van der Waals surface area (Å²) < 4.78 is 0. The van der Waals surface area contributed by atoms with Crippen LogP contribution < -0.4 is 5.32 Å². The zero-order valence-electron chi connectivity index (χ0n) is 11.0. The van der Waals surface area contributed by atoms with Crippen molar-refractivity contribution in [2.24, 2.45) is 0 Å². The molecule has 0 spiro atoms. The Morgan fingerprint density at radius 3 is 2.58 bits per heavy atom. The molecule has 1 aliphatic heterocycles. The molecule has 19 heavy (non-hydrogen) atoms. The zero-order chi connectivity index (χ0) is 14.0. The molecule has 5 nitrogen and oxygen atoms in total. The summed E-state index contributed by atoms with van der Waals surface area (Å²) in [6, 6.07) is 1.68. The summed E-state index contributed by atoms with van der Waals surface area (Å²) in [6.45, 7) is 4.06. The van der Waals surface area contributed by atoms with Crippen molar-refractivity contribution in [2.45, 2.75) is 45.2 Å². The molecule has 1 aromatic heterocycles. The number of rotatable bonds is 2. The predicted molar refractivity (Wildman–Crippen MR) is 74.9 cm³/mol. The predicted octanol–water partition coefficient (Wildman–Crippen LogP) is 3.24. The second-order valence-electron chi connectivity index (χ2n) is 4.93. The summed E-state index contributed by atoms with van der Waals surface area (Å²) in [5.74, 6) is -1.02. The molecule has 0 aromatic carbocycles. The van der Waals surface area contributed by atoms with E-state index < -0.39 is 5.97 Å². The summed E-state index contributed by atoms with van der Waals surface area (Å²) in [5, 5.41) is 13.8. The number of nitrogens with one attached hydrogen (secondary N) is 1. The smallest absolute Gasteiger partial charge is 0.338 e. The van der Waals surface area contributed by atoms with Gasteiger partial charge in [-0.2, -0.15) is 0 Å². The van der Waals surface area contributed by atoms with Crippen molar-refractivity contribution in [3.63, 3.8) is 0 Å². The Morgan fingerprint density at radius 1 is 1.37 bits per heavy atom. The van der Waals surface area contributed by atoms with E-state index in [4.69, 9.17) is 5.11 Å². The molecule has 1 saturated heterocycles. The molecule has 2 atom stereocenters. The normalized spacial score (nSPS) is 23.2. The number of hydrogen-bond acceptors (Lipinski definition) is 3. The van der Waals surface area contributed by atoms with Gasteiger partial charge < -0.3 is 10.0 Å². The van der Waals surface area contributed by atoms with Crippen LogP contribution in [0, 0.1) is 0 Å². The molecular formula is C13H18N2O3S. The lowest BCUT2D eigenvalue weighted by Gasteiger charge is -2.38. The van der Waals surface area contributed by atoms with Crippen LogP contribution in [0.1, 0.15) is 43.5 Å². The van der Waals surface area contributed by atoms with Crippen molar-refractivity contribution in [2.75, 3.05) is 5.32 Å². The van der Waals surface area contributed by atoms with E-state index in [1.165, 1.54) is 17.4 Å². The zero-order valence-corrected chi connectivity index (χ0v) is 11.9. The van der Waals surface area contributed by atoms with Crippen molar-refractivity contribution in [3.05, 3.63) is 17.0 Å². The van der Waals surface area contributed by atoms with Gasteiger partial charge in [-0.15, -0.1) is 11.3 Å². The Labute approximate surface area is 116 Å². The van der Waals surface area contributed by atoms with E-state index >= 15 is 0 Å². The number of likely N-dealkylation sites (tertiary alicyclic amines) is 1. The molecule has 2 heterocycles. The standard InChI is InChI=1S/C13H18N2O3S/c1-8-4-3-5-9(2)15(8)13(18)14-11-10(12(16)17)6-7-19-11/h6-9H,3-5H2,1-2H3,(H,14,18)(H,16,17). The van der Waals surface area contributed by atoms with Crippen molar-refractivity contribution in [3.8, 4) is 0 Å². The highest BCUT2D eigenvalue weighted by Crippen LogP contribution is 2.27. The molecule has 0 aliphatic carbocycles. The first-order valence-corrected chi connectivity index (χ1v) is 7.28. The second kappa shape index (κ2) is 5.61. The first-order valence-electron chi connectivity index (χ1n) is 6.40. The number of carboxylic acid groups (broad SMARTS) is 1. The molecule has 6 heteroatoms. The minimum absolute atomic E-state index is 0.149. The van der Waals surface area contributed by atoms with Gasteiger partial charge in [-0.25, -0.2) is 9.59 Å². The van der Waals surface area contributed by atoms with Crippen LogP contribution in [0.2, 0.25) is 0 Å². The summed E-state index contributed by atoms with van der Waals surface area (Å²) in [6.07, 6.45) is 3.12. The van der Waals surface area contributed by atoms with E-state index in [2.05, 4.69) is 5.32 Å². The van der Waals surface area contributed by atoms with Gasteiger partial charge in [0.15, 0.2) is 0 Å². The number of hydrogen-bond donors (Lipinski definition) is 2. The second-order valence-corrected chi connectivity index (χ2v) is 5.85. The maximum absolute atomic E-state index is 12.3. The first-order chi connectivity index (χ1) is 9.00. The number of carbonyl (C=O) groups excluding carboxylic acids is 1. The SMILES string of the molecule is CC1CCCC(C)N1C(=O)Nc1sccc1C(=O)O. The van der Waals surface area contributed by atoms with E-state index in [1.54, 1.807) is 5.38 Å². The molecule has 104 valence electrons. The fourth-order valence-corrected chi connectivity index (χ4v) is 3.33. The number of carbonyl (C=O) groups is 2. The lowest BCUT2D eigenvalue weighted by atomic mass is 9.98. The van der Waals surface area contributed by atoms with Gasteiger partial charge in [0.2, 0.25) is 0 Å². The minimum Gasteiger partial charge on any atom is -0.478 e. The van der Waals surface area contributed by atoms with Crippen LogP contribution in [0.4, 0.5) is 9.80 Å². The van der Waals surface area contributed by atoms with Crippen LogP contribution in [-0.4, -0.2) is 34.1 Å². The monoisotopic (exact) mass is 282 g/mol. The Balaban J connectivity index is 2.12. The van der Waals surface area contributed by atoms with E-state index in [1.807, 2.05) is 18.7 Å². The Hall–Kier alpha value is -1.56. The minimum atomic E-state index is -1.02. The van der Waals surface area contributed by atoms with Gasteiger partial charge in [0, 0.05) is 12.1 Å². The van der Waals surface area contributed by atoms with Crippen LogP contribution in [0.15, 0.2) is 11.4 Å². The number of anilines is 1. The van der Waals surface area contributed by atoms with Crippen molar-refractivity contribution in [1.29, 1.82) is 0 Å². The first kappa shape index (κ1) is 13.9. The Morgan fingerprint density at radius 2 is 2.00 bits per heavy atom. The van der Waals surface area contributed by atoms with Gasteiger partial charge >= 0.3 is 12.0 Å². The molecule has 2 N–H and O–H groups in total. The summed E-state index contributed by atoms with van der Waals surface area (Å²) in [5.41, 5.74) is 0.149. The number of urea groups is 1. The third-order valence-corrected chi connectivity index (χ3v) is 4.37. The fraction of sp³-hybridized carbons (Fsp3) is 0.538. The maximum Gasteiger partial charge on any atom is 0.338 e. The number of nitrogens with zero attached hydrogens (tertiary/aromatic N) is 1. The van der Waals surface area contributed by atoms with Gasteiger partial charge in [0.25, 0.3) is 0 Å². The third kappa shape index (κ3) is 2.89. The molecule has 0 bridgehead atoms. The van der Waals surface area contributed by atoms with Crippen molar-refractivity contribution < 1.29 is 14.7 Å². The van der Waals surface area contributed by atoms with Gasteiger partial charge in [-0.3, -0.25) is 5.32 Å². The lowest BCUT2D eigenvalue weighted by molar-refractivity contribution is 0.0698. The van der Waals surface area contributed by atoms with E-state index in [0.29, 0.717) is 5.00 Å². The fourth-order valence-electron chi connectivity index (χ4n) is 2.56. The number of amides is 2. The van der Waals surface area contributed by atoms with Crippen molar-refractivity contribution in [1.82, 2.24) is 4.90 Å². The maximum atomic E-state index is 12.3. The van der Waals surface area contributed by atoms with Gasteiger partial charge in [0.05, 0.1) is 5.56 Å². The van der Waals surface area contributed by atoms with Gasteiger partial charge in [-0.05, 0) is 44.6 Å². The number of thiophene rings is 1. The quantitative estimate of drug-likeness (QED) is 0.874. The average Bonchev–Trinajstić information content (AvgIpc) is 2.76. The summed E-state index contributed by atoms with van der Waals surface area (Å²) >= 11 is 1.23. The van der Waals surface area contributed by atoms with E-state index in [0.717, 1.165) is 19.3 Å². The molecular weight excluding hydrogens is 264 g/mol. The highest BCUT2D eigenvalue weighted by molar-refractivity contribution is 7.14. The Bertz CT molecular complexity index is 476. The third-order valence-electron chi connectivity index (χ3n) is 3.54. The Kier molecular flexibility index (Phi) is 4.09. The van der Waals surface area contributed by atoms with Crippen LogP contribution >= 0.6 is 11.3 Å². The number of aromatic carboxylic acids is 1. The van der Waals surface area contributed by atoms with Crippen LogP contribution in [-0.2, 0) is 0 Å². The average molecular weight is 282 g/mol. The summed E-state index contributed by atoms with van der Waals surface area (Å²) in [4.78, 5) is 25.1. The van der Waals surface area contributed by atoms with E-state index in [-0.39, 0.29) is 23.7 Å². The molecule has 1 aromatic rings. The largest absolute Gasteiger partial charge is 0.478 e. The van der Waals surface area contributed by atoms with Crippen LogP contribution in [0.5, 0.6) is 0 Å². The van der Waals surface area contributed by atoms with Crippen molar-refractivity contribution >= 4 is 28.3 Å². The molecule has 1 aliphatic rings. The van der Waals surface area contributed by atoms with Gasteiger partial charge in [0.1, 0.15) is 5.00 Å². The highest BCUT2D eigenvalue weighted by atomic mass is 32.1. The topological polar surface area (TPSA) is 69.6 Å². The van der Waals surface area contributed by atoms with E-state index in [9.17, 15) is 9.59 Å².